The zero-order valence-electron chi connectivity index (χ0n) is 12.4. The van der Waals surface area contributed by atoms with E-state index in [4.69, 9.17) is 0 Å². The molecule has 3 amide bonds. The van der Waals surface area contributed by atoms with Gasteiger partial charge in [-0.2, -0.15) is 0 Å². The van der Waals surface area contributed by atoms with Gasteiger partial charge in [0, 0.05) is 13.1 Å². The number of rotatable bonds is 7. The van der Waals surface area contributed by atoms with Gasteiger partial charge in [-0.1, -0.05) is 26.0 Å². The predicted octanol–water partition coefficient (Wildman–Crippen LogP) is 1.79. The van der Waals surface area contributed by atoms with Gasteiger partial charge in [0.05, 0.1) is 6.54 Å². The van der Waals surface area contributed by atoms with Crippen LogP contribution in [0.4, 0.5) is 9.18 Å². The van der Waals surface area contributed by atoms with E-state index >= 15 is 0 Å². The van der Waals surface area contributed by atoms with Gasteiger partial charge in [-0.05, 0) is 30.0 Å². The molecule has 116 valence electrons. The molecule has 0 fully saturated rings. The predicted molar refractivity (Wildman–Crippen MR) is 79.1 cm³/mol. The highest BCUT2D eigenvalue weighted by Gasteiger charge is 2.05. The van der Waals surface area contributed by atoms with Crippen LogP contribution in [0.5, 0.6) is 0 Å². The molecule has 3 N–H and O–H groups in total. The van der Waals surface area contributed by atoms with E-state index in [-0.39, 0.29) is 24.8 Å². The van der Waals surface area contributed by atoms with Crippen LogP contribution in [0.3, 0.4) is 0 Å². The molecule has 0 unspecified atom stereocenters. The molecule has 0 aromatic heterocycles. The molecule has 0 saturated carbocycles. The molecule has 0 heterocycles. The fourth-order valence-electron chi connectivity index (χ4n) is 1.57. The standard InChI is InChI=1S/C15H22FN3O2/c1-11(2)7-8-17-14(20)10-19-15(21)18-9-12-3-5-13(16)6-4-12/h3-6,11H,7-10H2,1-2H3,(H,17,20)(H2,18,19,21). The summed E-state index contributed by atoms with van der Waals surface area (Å²) >= 11 is 0. The number of urea groups is 1. The number of carbonyl (C=O) groups is 2. The lowest BCUT2D eigenvalue weighted by molar-refractivity contribution is -0.120. The number of nitrogens with one attached hydrogen (secondary N) is 3. The van der Waals surface area contributed by atoms with Gasteiger partial charge in [0.25, 0.3) is 0 Å². The van der Waals surface area contributed by atoms with Crippen molar-refractivity contribution in [1.29, 1.82) is 0 Å². The van der Waals surface area contributed by atoms with Crippen molar-refractivity contribution in [3.63, 3.8) is 0 Å². The van der Waals surface area contributed by atoms with Crippen LogP contribution in [-0.4, -0.2) is 25.0 Å². The number of benzene rings is 1. The third-order valence-corrected chi connectivity index (χ3v) is 2.82. The molecule has 0 saturated heterocycles. The molecule has 1 aromatic carbocycles. The highest BCUT2D eigenvalue weighted by atomic mass is 19.1. The number of hydrogen-bond donors (Lipinski definition) is 3. The molecule has 0 aliphatic heterocycles. The van der Waals surface area contributed by atoms with Gasteiger partial charge in [0.15, 0.2) is 0 Å². The SMILES string of the molecule is CC(C)CCNC(=O)CNC(=O)NCc1ccc(F)cc1. The quantitative estimate of drug-likeness (QED) is 0.717. The van der Waals surface area contributed by atoms with Crippen molar-refractivity contribution in [2.45, 2.75) is 26.8 Å². The van der Waals surface area contributed by atoms with E-state index in [1.807, 2.05) is 0 Å². The van der Waals surface area contributed by atoms with Gasteiger partial charge < -0.3 is 16.0 Å². The van der Waals surface area contributed by atoms with Crippen molar-refractivity contribution in [3.05, 3.63) is 35.6 Å². The zero-order valence-corrected chi connectivity index (χ0v) is 12.4. The third-order valence-electron chi connectivity index (χ3n) is 2.82. The van der Waals surface area contributed by atoms with Crippen molar-refractivity contribution in [2.75, 3.05) is 13.1 Å². The summed E-state index contributed by atoms with van der Waals surface area (Å²) in [4.78, 5) is 22.9. The van der Waals surface area contributed by atoms with E-state index in [0.29, 0.717) is 12.5 Å². The maximum Gasteiger partial charge on any atom is 0.315 e. The highest BCUT2D eigenvalue weighted by Crippen LogP contribution is 2.01. The fourth-order valence-corrected chi connectivity index (χ4v) is 1.57. The lowest BCUT2D eigenvalue weighted by atomic mass is 10.1. The molecule has 6 heteroatoms. The Morgan fingerprint density at radius 2 is 1.76 bits per heavy atom. The second-order valence-electron chi connectivity index (χ2n) is 5.20. The Labute approximate surface area is 124 Å². The Hall–Kier alpha value is -2.11. The molecular formula is C15H22FN3O2. The summed E-state index contributed by atoms with van der Waals surface area (Å²) in [6.07, 6.45) is 0.905. The van der Waals surface area contributed by atoms with Crippen molar-refractivity contribution in [1.82, 2.24) is 16.0 Å². The van der Waals surface area contributed by atoms with Gasteiger partial charge in [-0.25, -0.2) is 9.18 Å². The van der Waals surface area contributed by atoms with Gasteiger partial charge in [-0.15, -0.1) is 0 Å². The van der Waals surface area contributed by atoms with Crippen LogP contribution in [0.1, 0.15) is 25.8 Å². The number of hydrogen-bond acceptors (Lipinski definition) is 2. The van der Waals surface area contributed by atoms with Crippen LogP contribution in [0.15, 0.2) is 24.3 Å². The first-order valence-electron chi connectivity index (χ1n) is 7.00. The van der Waals surface area contributed by atoms with Gasteiger partial charge in [-0.3, -0.25) is 4.79 Å². The van der Waals surface area contributed by atoms with Crippen molar-refractivity contribution in [3.8, 4) is 0 Å². The van der Waals surface area contributed by atoms with Crippen LogP contribution >= 0.6 is 0 Å². The molecule has 5 nitrogen and oxygen atoms in total. The van der Waals surface area contributed by atoms with Crippen LogP contribution in [0.2, 0.25) is 0 Å². The van der Waals surface area contributed by atoms with Crippen LogP contribution in [0.25, 0.3) is 0 Å². The van der Waals surface area contributed by atoms with Gasteiger partial charge in [0.1, 0.15) is 5.82 Å². The lowest BCUT2D eigenvalue weighted by Crippen LogP contribution is -2.42. The monoisotopic (exact) mass is 295 g/mol. The number of halogens is 1. The molecule has 0 atom stereocenters. The summed E-state index contributed by atoms with van der Waals surface area (Å²) in [5, 5.41) is 7.79. The van der Waals surface area contributed by atoms with Gasteiger partial charge >= 0.3 is 6.03 Å². The van der Waals surface area contributed by atoms with Crippen LogP contribution in [-0.2, 0) is 11.3 Å². The van der Waals surface area contributed by atoms with Gasteiger partial charge in [0.2, 0.25) is 5.91 Å². The molecule has 0 aliphatic rings. The normalized spacial score (nSPS) is 10.3. The first-order chi connectivity index (χ1) is 9.97. The summed E-state index contributed by atoms with van der Waals surface area (Å²) in [7, 11) is 0. The lowest BCUT2D eigenvalue weighted by Gasteiger charge is -2.09. The topological polar surface area (TPSA) is 70.2 Å². The molecule has 0 radical (unpaired) electrons. The van der Waals surface area contributed by atoms with E-state index < -0.39 is 6.03 Å². The highest BCUT2D eigenvalue weighted by molar-refractivity contribution is 5.83. The Morgan fingerprint density at radius 1 is 1.10 bits per heavy atom. The minimum absolute atomic E-state index is 0.0622. The summed E-state index contributed by atoms with van der Waals surface area (Å²) in [6.45, 7) is 4.98. The minimum Gasteiger partial charge on any atom is -0.355 e. The Kier molecular flexibility index (Phi) is 7.21. The Bertz CT molecular complexity index is 460. The maximum absolute atomic E-state index is 12.7. The average Bonchev–Trinajstić information content (AvgIpc) is 2.44. The largest absolute Gasteiger partial charge is 0.355 e. The van der Waals surface area contributed by atoms with Crippen molar-refractivity contribution >= 4 is 11.9 Å². The molecule has 0 aliphatic carbocycles. The van der Waals surface area contributed by atoms with E-state index in [1.54, 1.807) is 12.1 Å². The molecule has 21 heavy (non-hydrogen) atoms. The van der Waals surface area contributed by atoms with Crippen LogP contribution in [0, 0.1) is 11.7 Å². The Balaban J connectivity index is 2.16. The van der Waals surface area contributed by atoms with Crippen molar-refractivity contribution in [2.24, 2.45) is 5.92 Å². The first-order valence-corrected chi connectivity index (χ1v) is 7.00. The Morgan fingerprint density at radius 3 is 2.38 bits per heavy atom. The molecule has 0 bridgehead atoms. The second-order valence-corrected chi connectivity index (χ2v) is 5.20. The molecule has 0 spiro atoms. The zero-order chi connectivity index (χ0) is 15.7. The van der Waals surface area contributed by atoms with E-state index in [2.05, 4.69) is 29.8 Å². The van der Waals surface area contributed by atoms with E-state index in [9.17, 15) is 14.0 Å². The molecule has 1 aromatic rings. The minimum atomic E-state index is -0.432. The summed E-state index contributed by atoms with van der Waals surface area (Å²) in [6, 6.07) is 5.41. The maximum atomic E-state index is 12.7. The molecular weight excluding hydrogens is 273 g/mol. The second kappa shape index (κ2) is 8.94. The summed E-state index contributed by atoms with van der Waals surface area (Å²) in [5.74, 6) is -0.00822. The summed E-state index contributed by atoms with van der Waals surface area (Å²) < 4.78 is 12.7. The third kappa shape index (κ3) is 7.91. The van der Waals surface area contributed by atoms with Crippen LogP contribution < -0.4 is 16.0 Å². The number of carbonyl (C=O) groups excluding carboxylic acids is 2. The average molecular weight is 295 g/mol. The van der Waals surface area contributed by atoms with E-state index in [0.717, 1.165) is 12.0 Å². The smallest absolute Gasteiger partial charge is 0.315 e. The fraction of sp³-hybridized carbons (Fsp3) is 0.467. The summed E-state index contributed by atoms with van der Waals surface area (Å²) in [5.41, 5.74) is 0.785. The van der Waals surface area contributed by atoms with E-state index in [1.165, 1.54) is 12.1 Å². The molecule has 1 rings (SSSR count). The van der Waals surface area contributed by atoms with Crippen molar-refractivity contribution < 1.29 is 14.0 Å². The number of amides is 3. The first kappa shape index (κ1) is 16.9.